The van der Waals surface area contributed by atoms with Gasteiger partial charge >= 0.3 is 0 Å². The monoisotopic (exact) mass is 193 g/mol. The zero-order valence-electron chi connectivity index (χ0n) is 9.55. The highest BCUT2D eigenvalue weighted by molar-refractivity contribution is 5.08. The Kier molecular flexibility index (Phi) is 1.68. The summed E-state index contributed by atoms with van der Waals surface area (Å²) in [7, 11) is 0. The molecule has 0 radical (unpaired) electrons. The van der Waals surface area contributed by atoms with Crippen LogP contribution in [-0.4, -0.2) is 5.54 Å². The number of hydrogen-bond acceptors (Lipinski definition) is 1. The molecule has 3 saturated carbocycles. The summed E-state index contributed by atoms with van der Waals surface area (Å²) < 4.78 is 0. The second-order valence-electron chi connectivity index (χ2n) is 6.94. The van der Waals surface area contributed by atoms with E-state index in [2.05, 4.69) is 13.8 Å². The highest BCUT2D eigenvalue weighted by Gasteiger charge is 2.54. The fourth-order valence-corrected chi connectivity index (χ4v) is 5.21. The Labute approximate surface area is 87.4 Å². The normalized spacial score (nSPS) is 61.5. The van der Waals surface area contributed by atoms with Crippen molar-refractivity contribution in [1.29, 1.82) is 0 Å². The van der Waals surface area contributed by atoms with Crippen LogP contribution in [0.25, 0.3) is 0 Å². The van der Waals surface area contributed by atoms with Crippen LogP contribution < -0.4 is 5.73 Å². The Morgan fingerprint density at radius 3 is 2.64 bits per heavy atom. The SMILES string of the molecule is CC1CC2(C)CC3CC2C[C@](N)(C1)C3. The van der Waals surface area contributed by atoms with Crippen LogP contribution in [0.15, 0.2) is 0 Å². The van der Waals surface area contributed by atoms with Gasteiger partial charge in [-0.2, -0.15) is 0 Å². The van der Waals surface area contributed by atoms with Gasteiger partial charge in [-0.1, -0.05) is 13.8 Å². The van der Waals surface area contributed by atoms with Crippen LogP contribution in [0.4, 0.5) is 0 Å². The predicted octanol–water partition coefficient (Wildman–Crippen LogP) is 2.94. The van der Waals surface area contributed by atoms with Gasteiger partial charge in [0.25, 0.3) is 0 Å². The summed E-state index contributed by atoms with van der Waals surface area (Å²) >= 11 is 0. The third-order valence-electron chi connectivity index (χ3n) is 5.28. The minimum absolute atomic E-state index is 0.223. The lowest BCUT2D eigenvalue weighted by Crippen LogP contribution is -2.45. The fraction of sp³-hybridized carbons (Fsp3) is 1.00. The van der Waals surface area contributed by atoms with E-state index in [0.717, 1.165) is 17.8 Å². The Balaban J connectivity index is 2.00. The van der Waals surface area contributed by atoms with E-state index < -0.39 is 0 Å². The molecular formula is C13H23N. The van der Waals surface area contributed by atoms with Crippen LogP contribution in [0.5, 0.6) is 0 Å². The summed E-state index contributed by atoms with van der Waals surface area (Å²) in [4.78, 5) is 0. The molecule has 1 nitrogen and oxygen atoms in total. The molecule has 2 N–H and O–H groups in total. The van der Waals surface area contributed by atoms with Crippen molar-refractivity contribution < 1.29 is 0 Å². The molecule has 0 aromatic heterocycles. The number of rotatable bonds is 0. The predicted molar refractivity (Wildman–Crippen MR) is 58.9 cm³/mol. The second kappa shape index (κ2) is 2.55. The molecule has 0 spiro atoms. The van der Waals surface area contributed by atoms with Crippen molar-refractivity contribution in [3.63, 3.8) is 0 Å². The molecule has 0 aromatic rings. The highest BCUT2D eigenvalue weighted by atomic mass is 14.8. The Morgan fingerprint density at radius 2 is 1.86 bits per heavy atom. The van der Waals surface area contributed by atoms with Crippen LogP contribution >= 0.6 is 0 Å². The highest BCUT2D eigenvalue weighted by Crippen LogP contribution is 2.61. The average molecular weight is 193 g/mol. The van der Waals surface area contributed by atoms with Crippen molar-refractivity contribution in [2.45, 2.75) is 57.9 Å². The molecule has 3 aliphatic rings. The molecule has 14 heavy (non-hydrogen) atoms. The Bertz CT molecular complexity index is 256. The first-order valence-electron chi connectivity index (χ1n) is 6.28. The van der Waals surface area contributed by atoms with E-state index in [1.165, 1.54) is 38.5 Å². The molecule has 80 valence electrons. The summed E-state index contributed by atoms with van der Waals surface area (Å²) in [6, 6.07) is 0. The molecule has 0 heterocycles. The zero-order chi connectivity index (χ0) is 9.97. The van der Waals surface area contributed by atoms with E-state index in [0.29, 0.717) is 5.41 Å². The van der Waals surface area contributed by atoms with Gasteiger partial charge in [-0.3, -0.25) is 0 Å². The average Bonchev–Trinajstić information content (AvgIpc) is 2.16. The first kappa shape index (κ1) is 9.21. The third-order valence-corrected chi connectivity index (χ3v) is 5.28. The van der Waals surface area contributed by atoms with E-state index in [9.17, 15) is 0 Å². The van der Waals surface area contributed by atoms with Crippen LogP contribution in [0.2, 0.25) is 0 Å². The van der Waals surface area contributed by atoms with Gasteiger partial charge < -0.3 is 5.73 Å². The van der Waals surface area contributed by atoms with E-state index in [-0.39, 0.29) is 5.54 Å². The van der Waals surface area contributed by atoms with Gasteiger partial charge in [0.15, 0.2) is 0 Å². The van der Waals surface area contributed by atoms with E-state index in [1.54, 1.807) is 0 Å². The first-order valence-corrected chi connectivity index (χ1v) is 6.28. The second-order valence-corrected chi connectivity index (χ2v) is 6.94. The van der Waals surface area contributed by atoms with Gasteiger partial charge in [0.05, 0.1) is 0 Å². The van der Waals surface area contributed by atoms with Crippen molar-refractivity contribution >= 4 is 0 Å². The van der Waals surface area contributed by atoms with Crippen molar-refractivity contribution in [3.8, 4) is 0 Å². The molecule has 3 fully saturated rings. The van der Waals surface area contributed by atoms with Gasteiger partial charge in [0, 0.05) is 5.54 Å². The Hall–Kier alpha value is -0.0400. The summed E-state index contributed by atoms with van der Waals surface area (Å²) in [5, 5.41) is 0. The van der Waals surface area contributed by atoms with Crippen molar-refractivity contribution in [1.82, 2.24) is 0 Å². The minimum Gasteiger partial charge on any atom is -0.325 e. The largest absolute Gasteiger partial charge is 0.325 e. The third kappa shape index (κ3) is 1.18. The minimum atomic E-state index is 0.223. The van der Waals surface area contributed by atoms with Gasteiger partial charge in [-0.25, -0.2) is 0 Å². The molecule has 0 amide bonds. The van der Waals surface area contributed by atoms with Crippen LogP contribution in [0.1, 0.15) is 52.4 Å². The fourth-order valence-electron chi connectivity index (χ4n) is 5.21. The summed E-state index contributed by atoms with van der Waals surface area (Å²) in [5.74, 6) is 2.78. The standard InChI is InChI=1S/C13H23N/c1-9-4-12(2)6-10-3-11(12)8-13(14,5-9)7-10/h9-11H,3-8,14H2,1-2H3/t9?,10?,11?,12?,13-/m0/s1. The van der Waals surface area contributed by atoms with Gasteiger partial charge in [0.1, 0.15) is 0 Å². The van der Waals surface area contributed by atoms with Crippen molar-refractivity contribution in [3.05, 3.63) is 0 Å². The van der Waals surface area contributed by atoms with Crippen LogP contribution in [-0.2, 0) is 0 Å². The van der Waals surface area contributed by atoms with Gasteiger partial charge in [-0.15, -0.1) is 0 Å². The Morgan fingerprint density at radius 1 is 1.07 bits per heavy atom. The number of nitrogens with two attached hydrogens (primary N) is 1. The molecule has 0 saturated heterocycles. The maximum atomic E-state index is 6.57. The number of fused-ring (bicyclic) bond motifs is 2. The number of hydrogen-bond donors (Lipinski definition) is 1. The molecule has 0 aliphatic heterocycles. The lowest BCUT2D eigenvalue weighted by Gasteiger charge is -2.38. The first-order chi connectivity index (χ1) is 6.49. The zero-order valence-corrected chi connectivity index (χ0v) is 9.55. The summed E-state index contributed by atoms with van der Waals surface area (Å²) in [6.45, 7) is 4.94. The maximum Gasteiger partial charge on any atom is 0.0162 e. The smallest absolute Gasteiger partial charge is 0.0162 e. The molecule has 0 aromatic carbocycles. The molecule has 4 unspecified atom stereocenters. The van der Waals surface area contributed by atoms with Crippen molar-refractivity contribution in [2.75, 3.05) is 0 Å². The van der Waals surface area contributed by atoms with Crippen LogP contribution in [0, 0.1) is 23.2 Å². The quantitative estimate of drug-likeness (QED) is 0.629. The van der Waals surface area contributed by atoms with E-state index in [4.69, 9.17) is 5.73 Å². The molecule has 5 atom stereocenters. The van der Waals surface area contributed by atoms with Crippen LogP contribution in [0.3, 0.4) is 0 Å². The molecule has 3 bridgehead atoms. The van der Waals surface area contributed by atoms with Gasteiger partial charge in [-0.05, 0) is 61.7 Å². The van der Waals surface area contributed by atoms with Gasteiger partial charge in [0.2, 0.25) is 0 Å². The van der Waals surface area contributed by atoms with E-state index >= 15 is 0 Å². The topological polar surface area (TPSA) is 26.0 Å². The molecular weight excluding hydrogens is 170 g/mol. The summed E-state index contributed by atoms with van der Waals surface area (Å²) in [6.07, 6.45) is 8.33. The van der Waals surface area contributed by atoms with Crippen molar-refractivity contribution in [2.24, 2.45) is 28.9 Å². The van der Waals surface area contributed by atoms with E-state index in [1.807, 2.05) is 0 Å². The molecule has 3 rings (SSSR count). The molecule has 3 aliphatic carbocycles. The lowest BCUT2D eigenvalue weighted by atomic mass is 9.73. The lowest BCUT2D eigenvalue weighted by molar-refractivity contribution is 0.186. The summed E-state index contributed by atoms with van der Waals surface area (Å²) in [5.41, 5.74) is 7.44. The molecule has 1 heteroatoms. The maximum absolute atomic E-state index is 6.57.